The minimum Gasteiger partial charge on any atom is -0.356 e. The highest BCUT2D eigenvalue weighted by Crippen LogP contribution is 2.15. The van der Waals surface area contributed by atoms with Gasteiger partial charge in [-0.25, -0.2) is 0 Å². The van der Waals surface area contributed by atoms with Crippen molar-refractivity contribution in [2.24, 2.45) is 0 Å². The summed E-state index contributed by atoms with van der Waals surface area (Å²) >= 11 is 3.34. The number of carbonyl (C=O) groups is 1. The number of halogens is 1. The maximum absolute atomic E-state index is 12.1. The lowest BCUT2D eigenvalue weighted by Crippen LogP contribution is -2.24. The van der Waals surface area contributed by atoms with Crippen LogP contribution in [0.5, 0.6) is 0 Å². The summed E-state index contributed by atoms with van der Waals surface area (Å²) in [5, 5.41) is 2.96. The van der Waals surface area contributed by atoms with Crippen molar-refractivity contribution in [2.75, 3.05) is 13.1 Å². The molecule has 128 valence electrons. The molecule has 1 aliphatic heterocycles. The first-order valence-electron chi connectivity index (χ1n) is 8.63. The number of hydrogen-bond donors (Lipinski definition) is 2. The maximum Gasteiger partial charge on any atom is 0.267 e. The number of aromatic amines is 1. The number of carbonyl (C=O) groups excluding carboxylic acids is 1. The molecule has 1 aromatic carbocycles. The summed E-state index contributed by atoms with van der Waals surface area (Å²) in [7, 11) is 0. The van der Waals surface area contributed by atoms with E-state index in [4.69, 9.17) is 0 Å². The van der Waals surface area contributed by atoms with Gasteiger partial charge < -0.3 is 10.3 Å². The minimum atomic E-state index is -0.0846. The molecule has 0 spiro atoms. The van der Waals surface area contributed by atoms with E-state index in [0.29, 0.717) is 12.2 Å². The zero-order chi connectivity index (χ0) is 16.8. The van der Waals surface area contributed by atoms with Gasteiger partial charge in [0.2, 0.25) is 0 Å². The second kappa shape index (κ2) is 8.49. The quantitative estimate of drug-likeness (QED) is 0.808. The summed E-state index contributed by atoms with van der Waals surface area (Å²) < 4.78 is 0.882. The van der Waals surface area contributed by atoms with E-state index in [-0.39, 0.29) is 5.91 Å². The number of nitrogens with one attached hydrogen (secondary N) is 2. The SMILES string of the molecule is O=C(NCc1cccc(CN2CCCCCC2)c1)c1cc(Br)c[nH]1. The van der Waals surface area contributed by atoms with E-state index in [2.05, 4.69) is 55.4 Å². The molecule has 5 heteroatoms. The van der Waals surface area contributed by atoms with E-state index in [1.807, 2.05) is 0 Å². The third-order valence-electron chi connectivity index (χ3n) is 4.44. The van der Waals surface area contributed by atoms with Crippen LogP contribution in [0.15, 0.2) is 41.0 Å². The van der Waals surface area contributed by atoms with Crippen molar-refractivity contribution in [2.45, 2.75) is 38.8 Å². The molecule has 3 rings (SSSR count). The van der Waals surface area contributed by atoms with Gasteiger partial charge in [-0.1, -0.05) is 37.1 Å². The lowest BCUT2D eigenvalue weighted by atomic mass is 10.1. The number of amides is 1. The molecule has 0 unspecified atom stereocenters. The fraction of sp³-hybridized carbons (Fsp3) is 0.421. The van der Waals surface area contributed by atoms with E-state index in [0.717, 1.165) is 16.6 Å². The highest BCUT2D eigenvalue weighted by molar-refractivity contribution is 9.10. The molecular formula is C19H24BrN3O. The number of aromatic nitrogens is 1. The number of nitrogens with zero attached hydrogens (tertiary/aromatic N) is 1. The lowest BCUT2D eigenvalue weighted by molar-refractivity contribution is 0.0946. The van der Waals surface area contributed by atoms with E-state index in [1.54, 1.807) is 12.3 Å². The standard InChI is InChI=1S/C19H24BrN3O/c20-17-11-18(21-13-17)19(24)22-12-15-6-5-7-16(10-15)14-23-8-3-1-2-4-9-23/h5-7,10-11,13,21H,1-4,8-9,12,14H2,(H,22,24). The number of H-pyrrole nitrogens is 1. The van der Waals surface area contributed by atoms with Crippen molar-refractivity contribution in [3.05, 3.63) is 57.8 Å². The first-order chi connectivity index (χ1) is 11.7. The Morgan fingerprint density at radius 2 is 1.88 bits per heavy atom. The fourth-order valence-corrected chi connectivity index (χ4v) is 3.51. The van der Waals surface area contributed by atoms with Gasteiger partial charge in [-0.2, -0.15) is 0 Å². The van der Waals surface area contributed by atoms with Crippen LogP contribution in [-0.2, 0) is 13.1 Å². The molecule has 1 amide bonds. The second-order valence-corrected chi connectivity index (χ2v) is 7.34. The van der Waals surface area contributed by atoms with Gasteiger partial charge in [0, 0.05) is 23.8 Å². The Balaban J connectivity index is 1.55. The largest absolute Gasteiger partial charge is 0.356 e. The summed E-state index contributed by atoms with van der Waals surface area (Å²) in [6.45, 7) is 3.94. The molecule has 0 saturated carbocycles. The van der Waals surface area contributed by atoms with Crippen LogP contribution in [0.3, 0.4) is 0 Å². The van der Waals surface area contributed by atoms with Crippen LogP contribution in [0, 0.1) is 0 Å². The van der Waals surface area contributed by atoms with Gasteiger partial charge in [0.25, 0.3) is 5.91 Å². The minimum absolute atomic E-state index is 0.0846. The predicted octanol–water partition coefficient (Wildman–Crippen LogP) is 4.08. The number of benzene rings is 1. The number of hydrogen-bond acceptors (Lipinski definition) is 2. The van der Waals surface area contributed by atoms with Crippen LogP contribution < -0.4 is 5.32 Å². The van der Waals surface area contributed by atoms with Gasteiger partial charge in [0.1, 0.15) is 5.69 Å². The highest BCUT2D eigenvalue weighted by atomic mass is 79.9. The van der Waals surface area contributed by atoms with Crippen molar-refractivity contribution in [3.8, 4) is 0 Å². The molecule has 1 aromatic heterocycles. The zero-order valence-electron chi connectivity index (χ0n) is 13.9. The molecule has 0 atom stereocenters. The number of rotatable bonds is 5. The molecule has 24 heavy (non-hydrogen) atoms. The maximum atomic E-state index is 12.1. The van der Waals surface area contributed by atoms with Gasteiger partial charge in [0.15, 0.2) is 0 Å². The van der Waals surface area contributed by atoms with E-state index in [1.165, 1.54) is 44.3 Å². The number of likely N-dealkylation sites (tertiary alicyclic amines) is 1. The molecule has 0 aliphatic carbocycles. The summed E-state index contributed by atoms with van der Waals surface area (Å²) in [5.41, 5.74) is 3.04. The van der Waals surface area contributed by atoms with Gasteiger partial charge in [-0.15, -0.1) is 0 Å². The van der Waals surface area contributed by atoms with E-state index in [9.17, 15) is 4.79 Å². The van der Waals surface area contributed by atoms with Crippen molar-refractivity contribution in [1.82, 2.24) is 15.2 Å². The van der Waals surface area contributed by atoms with Gasteiger partial charge in [-0.05, 0) is 59.1 Å². The smallest absolute Gasteiger partial charge is 0.267 e. The molecule has 0 bridgehead atoms. The molecule has 0 radical (unpaired) electrons. The molecule has 1 saturated heterocycles. The summed E-state index contributed by atoms with van der Waals surface area (Å²) in [6.07, 6.45) is 7.09. The third kappa shape index (κ3) is 4.95. The van der Waals surface area contributed by atoms with Gasteiger partial charge >= 0.3 is 0 Å². The average molecular weight is 390 g/mol. The Bertz CT molecular complexity index is 675. The molecule has 4 nitrogen and oxygen atoms in total. The first-order valence-corrected chi connectivity index (χ1v) is 9.42. The van der Waals surface area contributed by atoms with Crippen LogP contribution in [0.1, 0.15) is 47.3 Å². The molecular weight excluding hydrogens is 366 g/mol. The van der Waals surface area contributed by atoms with Crippen molar-refractivity contribution in [1.29, 1.82) is 0 Å². The van der Waals surface area contributed by atoms with Crippen LogP contribution in [0.25, 0.3) is 0 Å². The Morgan fingerprint density at radius 1 is 1.12 bits per heavy atom. The summed E-state index contributed by atoms with van der Waals surface area (Å²) in [5.74, 6) is -0.0846. The molecule has 2 N–H and O–H groups in total. The van der Waals surface area contributed by atoms with Crippen LogP contribution >= 0.6 is 15.9 Å². The third-order valence-corrected chi connectivity index (χ3v) is 4.90. The van der Waals surface area contributed by atoms with Crippen molar-refractivity contribution >= 4 is 21.8 Å². The first kappa shape index (κ1) is 17.2. The normalized spacial score (nSPS) is 15.9. The van der Waals surface area contributed by atoms with Crippen LogP contribution in [0.2, 0.25) is 0 Å². The Morgan fingerprint density at radius 3 is 2.58 bits per heavy atom. The Kier molecular flexibility index (Phi) is 6.10. The summed E-state index contributed by atoms with van der Waals surface area (Å²) in [4.78, 5) is 17.6. The van der Waals surface area contributed by atoms with Gasteiger partial charge in [0.05, 0.1) is 0 Å². The Hall–Kier alpha value is -1.59. The summed E-state index contributed by atoms with van der Waals surface area (Å²) in [6, 6.07) is 10.3. The van der Waals surface area contributed by atoms with E-state index >= 15 is 0 Å². The highest BCUT2D eigenvalue weighted by Gasteiger charge is 2.10. The van der Waals surface area contributed by atoms with Crippen molar-refractivity contribution in [3.63, 3.8) is 0 Å². The Labute approximate surface area is 151 Å². The topological polar surface area (TPSA) is 48.1 Å². The van der Waals surface area contributed by atoms with Crippen molar-refractivity contribution < 1.29 is 4.79 Å². The average Bonchev–Trinajstić information content (AvgIpc) is 2.86. The second-order valence-electron chi connectivity index (χ2n) is 6.42. The molecule has 2 aromatic rings. The molecule has 1 fully saturated rings. The molecule has 1 aliphatic rings. The zero-order valence-corrected chi connectivity index (χ0v) is 15.4. The predicted molar refractivity (Wildman–Crippen MR) is 99.8 cm³/mol. The molecule has 2 heterocycles. The van der Waals surface area contributed by atoms with Crippen LogP contribution in [-0.4, -0.2) is 28.9 Å². The van der Waals surface area contributed by atoms with Gasteiger partial charge in [-0.3, -0.25) is 9.69 Å². The fourth-order valence-electron chi connectivity index (χ4n) is 3.17. The lowest BCUT2D eigenvalue weighted by Gasteiger charge is -2.20. The monoisotopic (exact) mass is 389 g/mol. The van der Waals surface area contributed by atoms with E-state index < -0.39 is 0 Å². The van der Waals surface area contributed by atoms with Crippen LogP contribution in [0.4, 0.5) is 0 Å².